The van der Waals surface area contributed by atoms with Gasteiger partial charge in [-0.2, -0.15) is 0 Å². The molecule has 0 bridgehead atoms. The molecule has 0 atom stereocenters. The lowest BCUT2D eigenvalue weighted by atomic mass is 9.92. The number of nitrogens with one attached hydrogen (secondary N) is 2. The zero-order chi connectivity index (χ0) is 36.5. The van der Waals surface area contributed by atoms with Crippen LogP contribution in [0.25, 0.3) is 0 Å². The zero-order valence-corrected chi connectivity index (χ0v) is 32.7. The predicted molar refractivity (Wildman–Crippen MR) is 219 cm³/mol. The Morgan fingerprint density at radius 1 is 0.420 bits per heavy atom. The molecule has 0 amide bonds. The third-order valence-corrected chi connectivity index (χ3v) is 8.88. The quantitative estimate of drug-likeness (QED) is 0.131. The Morgan fingerprint density at radius 2 is 0.740 bits per heavy atom. The zero-order valence-electron chi connectivity index (χ0n) is 32.7. The van der Waals surface area contributed by atoms with Gasteiger partial charge in [0.2, 0.25) is 0 Å². The van der Waals surface area contributed by atoms with Gasteiger partial charge < -0.3 is 10.6 Å². The van der Waals surface area contributed by atoms with Gasteiger partial charge in [0.1, 0.15) is 0 Å². The number of unbranched alkanes of at least 4 members (excludes halogenated alkanes) is 2. The predicted octanol–water partition coefficient (Wildman–Crippen LogP) is 12.8. The van der Waals surface area contributed by atoms with Crippen LogP contribution in [-0.2, 0) is 0 Å². The van der Waals surface area contributed by atoms with Crippen molar-refractivity contribution >= 4 is 22.7 Å². The Morgan fingerprint density at radius 3 is 1.04 bits per heavy atom. The number of nitrogens with zero attached hydrogens (tertiary/aromatic N) is 2. The summed E-state index contributed by atoms with van der Waals surface area (Å²) in [6.07, 6.45) is 4.58. The molecule has 0 spiro atoms. The van der Waals surface area contributed by atoms with Gasteiger partial charge in [-0.1, -0.05) is 155 Å². The molecule has 50 heavy (non-hydrogen) atoms. The van der Waals surface area contributed by atoms with Crippen LogP contribution in [0.4, 0.5) is 22.7 Å². The number of hydrogen-bond donors (Lipinski definition) is 2. The molecule has 4 aromatic rings. The molecule has 4 aromatic carbocycles. The van der Waals surface area contributed by atoms with E-state index in [-0.39, 0.29) is 0 Å². The van der Waals surface area contributed by atoms with E-state index in [0.29, 0.717) is 23.7 Å². The van der Waals surface area contributed by atoms with E-state index in [1.165, 1.54) is 46.5 Å². The van der Waals surface area contributed by atoms with Gasteiger partial charge in [0, 0.05) is 24.5 Å². The molecule has 4 heteroatoms. The first-order chi connectivity index (χ1) is 24.1. The lowest BCUT2D eigenvalue weighted by Gasteiger charge is -2.20. The summed E-state index contributed by atoms with van der Waals surface area (Å²) in [5.41, 5.74) is 10.1. The number of benzene rings is 2. The van der Waals surface area contributed by atoms with Gasteiger partial charge in [0.15, 0.2) is 0 Å². The average molecular weight is 673 g/mol. The first-order valence-electron chi connectivity index (χ1n) is 19.1. The Bertz CT molecular complexity index is 1570. The normalized spacial score (nSPS) is 12.0. The summed E-state index contributed by atoms with van der Waals surface area (Å²) in [6, 6.07) is 34.1. The van der Waals surface area contributed by atoms with Crippen LogP contribution in [0.2, 0.25) is 0 Å². The van der Waals surface area contributed by atoms with E-state index in [0.717, 1.165) is 48.0 Å². The average Bonchev–Trinajstić information content (AvgIpc) is 3.45. The van der Waals surface area contributed by atoms with Crippen LogP contribution in [0.3, 0.4) is 0 Å². The highest BCUT2D eigenvalue weighted by atomic mass is 14.9. The Hall–Kier alpha value is -4.18. The van der Waals surface area contributed by atoms with Gasteiger partial charge in [-0.25, -0.2) is 0 Å². The Balaban J connectivity index is 0.000000270. The topological polar surface area (TPSA) is 48.8 Å². The van der Waals surface area contributed by atoms with Crippen molar-refractivity contribution in [3.8, 4) is 0 Å². The summed E-state index contributed by atoms with van der Waals surface area (Å²) >= 11 is 0. The van der Waals surface area contributed by atoms with Crippen LogP contribution in [0.5, 0.6) is 0 Å². The number of para-hydroxylation sites is 2. The van der Waals surface area contributed by atoms with Crippen molar-refractivity contribution in [3.05, 3.63) is 130 Å². The summed E-state index contributed by atoms with van der Waals surface area (Å²) in [5, 5.41) is 9.52. The summed E-state index contributed by atoms with van der Waals surface area (Å²) in [5.74, 6) is 1.89. The van der Waals surface area contributed by atoms with Gasteiger partial charge in [0.25, 0.3) is 0 Å². The van der Waals surface area contributed by atoms with Crippen molar-refractivity contribution in [1.29, 1.82) is 0 Å². The highest BCUT2D eigenvalue weighted by Crippen LogP contribution is 2.35. The molecular formula is C46H64N4. The second kappa shape index (κ2) is 21.1. The highest BCUT2D eigenvalue weighted by Gasteiger charge is 2.15. The molecule has 2 N–H and O–H groups in total. The Kier molecular flexibility index (Phi) is 17.0. The maximum Gasteiger partial charge on any atom is 0.0809 e. The van der Waals surface area contributed by atoms with E-state index in [2.05, 4.69) is 177 Å². The largest absolute Gasteiger partial charge is 0.353 e. The van der Waals surface area contributed by atoms with Crippen LogP contribution in [0, 0.1) is 0 Å². The lowest BCUT2D eigenvalue weighted by Crippen LogP contribution is -2.11. The van der Waals surface area contributed by atoms with Crippen LogP contribution in [0.1, 0.15) is 141 Å². The maximum atomic E-state index is 4.82. The van der Waals surface area contributed by atoms with Crippen LogP contribution in [-0.4, -0.2) is 13.1 Å². The molecule has 0 aliphatic carbocycles. The minimum Gasteiger partial charge on any atom is -0.353 e. The van der Waals surface area contributed by atoms with Gasteiger partial charge in [0.05, 0.1) is 22.1 Å². The molecular weight excluding hydrogens is 609 g/mol. The lowest BCUT2D eigenvalue weighted by molar-refractivity contribution is 0.794. The molecule has 0 unspecified atom stereocenters. The molecule has 0 saturated carbocycles. The van der Waals surface area contributed by atoms with Gasteiger partial charge >= 0.3 is 0 Å². The van der Waals surface area contributed by atoms with Gasteiger partial charge in [-0.15, -0.1) is 0 Å². The van der Waals surface area contributed by atoms with Crippen molar-refractivity contribution in [2.24, 2.45) is 9.98 Å². The van der Waals surface area contributed by atoms with Crippen molar-refractivity contribution < 1.29 is 0 Å². The molecule has 0 aliphatic heterocycles. The summed E-state index contributed by atoms with van der Waals surface area (Å²) in [7, 11) is 0. The molecule has 0 aliphatic rings. The van der Waals surface area contributed by atoms with E-state index in [4.69, 9.17) is 9.98 Å². The van der Waals surface area contributed by atoms with Gasteiger partial charge in [-0.05, 0) is 83.0 Å². The summed E-state index contributed by atoms with van der Waals surface area (Å²) in [4.78, 5) is 9.64. The molecule has 268 valence electrons. The molecule has 4 nitrogen and oxygen atoms in total. The van der Waals surface area contributed by atoms with Crippen LogP contribution in [0.15, 0.2) is 107 Å². The van der Waals surface area contributed by atoms with Crippen molar-refractivity contribution in [1.82, 2.24) is 0 Å². The molecule has 0 aromatic heterocycles. The van der Waals surface area contributed by atoms with Crippen molar-refractivity contribution in [2.45, 2.75) is 119 Å². The second-order valence-corrected chi connectivity index (χ2v) is 14.4. The molecule has 0 fully saturated rings. The molecule has 0 saturated heterocycles. The third-order valence-electron chi connectivity index (χ3n) is 8.88. The maximum absolute atomic E-state index is 4.82. The number of hydrogen-bond acceptors (Lipinski definition) is 4. The van der Waals surface area contributed by atoms with E-state index in [1.54, 1.807) is 0 Å². The van der Waals surface area contributed by atoms with E-state index in [9.17, 15) is 0 Å². The SMILES string of the molecule is CCCCN=c1cccccc1Nc1c(C(C)C)cccc1C(C)C.CCCCN=c1cccccc1Nc1c(C(C)C)cccc1C(C)C. The minimum absolute atomic E-state index is 0.471. The fourth-order valence-electron chi connectivity index (χ4n) is 5.94. The summed E-state index contributed by atoms with van der Waals surface area (Å²) < 4.78 is 0. The third kappa shape index (κ3) is 12.0. The van der Waals surface area contributed by atoms with E-state index < -0.39 is 0 Å². The molecule has 0 heterocycles. The van der Waals surface area contributed by atoms with E-state index in [1.807, 2.05) is 0 Å². The standard InChI is InChI=1S/2C23H32N2/c2*1-6-7-16-24-21-14-9-8-10-15-22(21)25-23-19(17(2)3)12-11-13-20(23)18(4)5/h2*8-15,17-18H,6-7,16H2,1-5H3,(H,24,25). The molecule has 0 radical (unpaired) electrons. The monoisotopic (exact) mass is 673 g/mol. The number of rotatable bonds is 14. The fraction of sp³-hybridized carbons (Fsp3) is 0.435. The molecule has 4 rings (SSSR count). The van der Waals surface area contributed by atoms with Crippen molar-refractivity contribution in [3.63, 3.8) is 0 Å². The Labute approximate surface area is 304 Å². The fourth-order valence-corrected chi connectivity index (χ4v) is 5.94. The van der Waals surface area contributed by atoms with E-state index >= 15 is 0 Å². The number of anilines is 4. The van der Waals surface area contributed by atoms with Gasteiger partial charge in [-0.3, -0.25) is 9.98 Å². The first-order valence-corrected chi connectivity index (χ1v) is 19.1. The first kappa shape index (κ1) is 40.3. The van der Waals surface area contributed by atoms with Crippen LogP contribution < -0.4 is 21.3 Å². The summed E-state index contributed by atoms with van der Waals surface area (Å²) in [6.45, 7) is 24.2. The second-order valence-electron chi connectivity index (χ2n) is 14.4. The van der Waals surface area contributed by atoms with Crippen LogP contribution >= 0.6 is 0 Å². The van der Waals surface area contributed by atoms with Crippen molar-refractivity contribution in [2.75, 3.05) is 23.7 Å². The highest BCUT2D eigenvalue weighted by molar-refractivity contribution is 5.69. The smallest absolute Gasteiger partial charge is 0.0809 e. The minimum atomic E-state index is 0.471.